The van der Waals surface area contributed by atoms with Crippen molar-refractivity contribution in [2.24, 2.45) is 0 Å². The van der Waals surface area contributed by atoms with E-state index in [1.807, 2.05) is 0 Å². The van der Waals surface area contributed by atoms with Crippen molar-refractivity contribution in [3.05, 3.63) is 0 Å². The molecule has 0 saturated heterocycles. The molecule has 0 amide bonds. The van der Waals surface area contributed by atoms with Crippen molar-refractivity contribution in [2.45, 2.75) is 19.8 Å². The fourth-order valence-electron chi connectivity index (χ4n) is 0.422. The second-order valence-corrected chi connectivity index (χ2v) is 4.41. The van der Waals surface area contributed by atoms with Crippen molar-refractivity contribution in [1.82, 2.24) is 0 Å². The van der Waals surface area contributed by atoms with Gasteiger partial charge in [-0.1, -0.05) is 13.3 Å². The molecule has 0 fully saturated rings. The average molecular weight is 215 g/mol. The molecule has 12 heavy (non-hydrogen) atoms. The van der Waals surface area contributed by atoms with Gasteiger partial charge in [-0.15, -0.1) is 11.6 Å². The average Bonchev–Trinajstić information content (AvgIpc) is 2.10. The maximum Gasteiger partial charge on any atom is 0.483 e. The molecule has 3 nitrogen and oxygen atoms in total. The summed E-state index contributed by atoms with van der Waals surface area (Å²) in [5.41, 5.74) is 0. The number of alkyl halides is 1. The van der Waals surface area contributed by atoms with E-state index in [1.165, 1.54) is 6.42 Å². The standard InChI is InChI=1S/C4H9Cl.C3H10O3Si/c1-2-3-4-5;1-4-7(5-2)6-3/h2-4H2,1H3;7H,1-3H3. The lowest BCUT2D eigenvalue weighted by Gasteiger charge is -2.05. The zero-order valence-electron chi connectivity index (χ0n) is 8.30. The third-order valence-corrected chi connectivity index (χ3v) is 2.49. The minimum Gasteiger partial charge on any atom is -0.379 e. The van der Waals surface area contributed by atoms with E-state index in [0.29, 0.717) is 0 Å². The molecule has 0 rings (SSSR count). The van der Waals surface area contributed by atoms with E-state index in [0.717, 1.165) is 12.3 Å². The van der Waals surface area contributed by atoms with E-state index < -0.39 is 9.53 Å². The fraction of sp³-hybridized carbons (Fsp3) is 1.00. The maximum atomic E-state index is 5.30. The zero-order chi connectivity index (χ0) is 9.82. The van der Waals surface area contributed by atoms with Crippen LogP contribution in [0.2, 0.25) is 0 Å². The molecule has 0 aliphatic heterocycles. The van der Waals surface area contributed by atoms with Crippen LogP contribution in [0, 0.1) is 0 Å². The summed E-state index contributed by atoms with van der Waals surface area (Å²) in [4.78, 5) is 0. The highest BCUT2D eigenvalue weighted by molar-refractivity contribution is 6.36. The van der Waals surface area contributed by atoms with Crippen LogP contribution in [0.1, 0.15) is 19.8 Å². The molecule has 0 bridgehead atoms. The quantitative estimate of drug-likeness (QED) is 0.515. The largest absolute Gasteiger partial charge is 0.483 e. The van der Waals surface area contributed by atoms with E-state index in [1.54, 1.807) is 21.3 Å². The van der Waals surface area contributed by atoms with Crippen LogP contribution in [-0.4, -0.2) is 36.7 Å². The van der Waals surface area contributed by atoms with Crippen LogP contribution in [0.25, 0.3) is 0 Å². The first kappa shape index (κ1) is 14.9. The van der Waals surface area contributed by atoms with Crippen LogP contribution >= 0.6 is 11.6 Å². The molecule has 0 saturated carbocycles. The summed E-state index contributed by atoms with van der Waals surface area (Å²) in [6, 6.07) is 0. The summed E-state index contributed by atoms with van der Waals surface area (Å²) < 4.78 is 14.2. The Morgan fingerprint density at radius 1 is 1.08 bits per heavy atom. The number of rotatable bonds is 5. The van der Waals surface area contributed by atoms with Gasteiger partial charge in [-0.05, 0) is 6.42 Å². The Kier molecular flexibility index (Phi) is 17.3. The minimum atomic E-state index is -1.67. The Balaban J connectivity index is 0. The van der Waals surface area contributed by atoms with Crippen molar-refractivity contribution in [2.75, 3.05) is 27.2 Å². The summed E-state index contributed by atoms with van der Waals surface area (Å²) in [6.45, 7) is 2.13. The highest BCUT2D eigenvalue weighted by atomic mass is 35.5. The van der Waals surface area contributed by atoms with Crippen molar-refractivity contribution < 1.29 is 13.3 Å². The highest BCUT2D eigenvalue weighted by Gasteiger charge is 2.04. The molecule has 0 atom stereocenters. The van der Waals surface area contributed by atoms with E-state index in [-0.39, 0.29) is 0 Å². The Morgan fingerprint density at radius 2 is 1.50 bits per heavy atom. The highest BCUT2D eigenvalue weighted by Crippen LogP contribution is 1.86. The van der Waals surface area contributed by atoms with Gasteiger partial charge in [-0.25, -0.2) is 0 Å². The lowest BCUT2D eigenvalue weighted by Crippen LogP contribution is -2.21. The van der Waals surface area contributed by atoms with E-state index in [9.17, 15) is 0 Å². The molecule has 0 aliphatic carbocycles. The predicted octanol–water partition coefficient (Wildman–Crippen LogP) is 1.67. The number of halogens is 1. The second-order valence-electron chi connectivity index (χ2n) is 2.04. The molecule has 0 aromatic carbocycles. The van der Waals surface area contributed by atoms with Gasteiger partial charge >= 0.3 is 9.53 Å². The van der Waals surface area contributed by atoms with Gasteiger partial charge in [-0.3, -0.25) is 0 Å². The van der Waals surface area contributed by atoms with Gasteiger partial charge in [0.2, 0.25) is 0 Å². The lowest BCUT2D eigenvalue weighted by molar-refractivity contribution is 0.163. The summed E-state index contributed by atoms with van der Waals surface area (Å²) >= 11 is 5.30. The molecule has 0 radical (unpaired) electrons. The Bertz CT molecular complexity index is 64.2. The molecule has 76 valence electrons. The van der Waals surface area contributed by atoms with Gasteiger partial charge in [0.25, 0.3) is 0 Å². The van der Waals surface area contributed by atoms with E-state index in [2.05, 4.69) is 6.92 Å². The Labute approximate surface area is 81.9 Å². The molecule has 0 heterocycles. The van der Waals surface area contributed by atoms with Gasteiger partial charge in [0.1, 0.15) is 0 Å². The van der Waals surface area contributed by atoms with Crippen LogP contribution in [0.15, 0.2) is 0 Å². The smallest absolute Gasteiger partial charge is 0.379 e. The van der Waals surface area contributed by atoms with Gasteiger partial charge in [-0.2, -0.15) is 0 Å². The summed E-state index contributed by atoms with van der Waals surface area (Å²) in [5.74, 6) is 0.816. The van der Waals surface area contributed by atoms with Gasteiger partial charge in [0.05, 0.1) is 0 Å². The summed E-state index contributed by atoms with van der Waals surface area (Å²) in [7, 11) is 3.05. The monoisotopic (exact) mass is 214 g/mol. The molecule has 5 heteroatoms. The molecular formula is C7H19ClO3Si. The third kappa shape index (κ3) is 13.0. The normalized spacial score (nSPS) is 9.50. The fourth-order valence-corrected chi connectivity index (χ4v) is 1.27. The molecule has 0 unspecified atom stereocenters. The summed E-state index contributed by atoms with van der Waals surface area (Å²) in [6.07, 6.45) is 2.37. The van der Waals surface area contributed by atoms with E-state index in [4.69, 9.17) is 24.9 Å². The molecular weight excluding hydrogens is 196 g/mol. The SMILES string of the molecule is CCCCCl.CO[SiH](OC)OC. The molecule has 0 aromatic rings. The summed E-state index contributed by atoms with van der Waals surface area (Å²) in [5, 5.41) is 0. The van der Waals surface area contributed by atoms with Crippen LogP contribution in [-0.2, 0) is 13.3 Å². The van der Waals surface area contributed by atoms with Crippen LogP contribution in [0.5, 0.6) is 0 Å². The zero-order valence-corrected chi connectivity index (χ0v) is 10.2. The molecule has 0 spiro atoms. The topological polar surface area (TPSA) is 27.7 Å². The van der Waals surface area contributed by atoms with Gasteiger partial charge in [0.15, 0.2) is 0 Å². The Hall–Kier alpha value is 0.387. The first-order chi connectivity index (χ1) is 5.76. The van der Waals surface area contributed by atoms with E-state index >= 15 is 0 Å². The number of hydrogen-bond donors (Lipinski definition) is 0. The number of unbranched alkanes of at least 4 members (excludes halogenated alkanes) is 1. The predicted molar refractivity (Wildman–Crippen MR) is 53.8 cm³/mol. The third-order valence-electron chi connectivity index (χ3n) is 1.06. The first-order valence-electron chi connectivity index (χ1n) is 3.91. The van der Waals surface area contributed by atoms with Crippen molar-refractivity contribution in [3.63, 3.8) is 0 Å². The minimum absolute atomic E-state index is 0.816. The lowest BCUT2D eigenvalue weighted by atomic mass is 10.4. The van der Waals surface area contributed by atoms with Crippen molar-refractivity contribution >= 4 is 21.1 Å². The van der Waals surface area contributed by atoms with Crippen molar-refractivity contribution in [1.29, 1.82) is 0 Å². The second kappa shape index (κ2) is 13.9. The van der Waals surface area contributed by atoms with Gasteiger partial charge < -0.3 is 13.3 Å². The Morgan fingerprint density at radius 3 is 1.50 bits per heavy atom. The van der Waals surface area contributed by atoms with Crippen LogP contribution in [0.3, 0.4) is 0 Å². The molecule has 0 aromatic heterocycles. The molecule has 0 aliphatic rings. The van der Waals surface area contributed by atoms with Gasteiger partial charge in [0, 0.05) is 27.2 Å². The van der Waals surface area contributed by atoms with Crippen molar-refractivity contribution in [3.8, 4) is 0 Å². The van der Waals surface area contributed by atoms with Crippen LogP contribution < -0.4 is 0 Å². The van der Waals surface area contributed by atoms with Crippen LogP contribution in [0.4, 0.5) is 0 Å². The maximum absolute atomic E-state index is 5.30. The first-order valence-corrected chi connectivity index (χ1v) is 5.85. The molecule has 0 N–H and O–H groups in total. The number of hydrogen-bond acceptors (Lipinski definition) is 3.